The van der Waals surface area contributed by atoms with E-state index in [-0.39, 0.29) is 11.7 Å². The molecular formula is C19H23NO4. The molecule has 0 spiro atoms. The lowest BCUT2D eigenvalue weighted by Crippen LogP contribution is -2.36. The van der Waals surface area contributed by atoms with Crippen molar-refractivity contribution in [2.24, 2.45) is 0 Å². The van der Waals surface area contributed by atoms with Crippen LogP contribution in [0.4, 0.5) is 10.5 Å². The second-order valence-corrected chi connectivity index (χ2v) is 7.12. The van der Waals surface area contributed by atoms with Crippen LogP contribution in [0.1, 0.15) is 32.3 Å². The van der Waals surface area contributed by atoms with E-state index < -0.39 is 11.7 Å². The Morgan fingerprint density at radius 1 is 1.33 bits per heavy atom. The molecule has 3 rings (SSSR count). The van der Waals surface area contributed by atoms with Crippen molar-refractivity contribution in [2.75, 3.05) is 25.2 Å². The Kier molecular flexibility index (Phi) is 4.13. The molecule has 1 heterocycles. The molecule has 0 aliphatic carbocycles. The molecule has 1 atom stereocenters. The quantitative estimate of drug-likeness (QED) is 0.903. The number of ether oxygens (including phenoxy) is 2. The zero-order valence-electron chi connectivity index (χ0n) is 14.5. The number of anilines is 1. The molecule has 0 saturated carbocycles. The van der Waals surface area contributed by atoms with Crippen LogP contribution in [0.15, 0.2) is 30.3 Å². The number of carbonyl (C=O) groups is 1. The van der Waals surface area contributed by atoms with E-state index in [9.17, 15) is 9.90 Å². The fraction of sp³-hybridized carbons (Fsp3) is 0.421. The Balaban J connectivity index is 2.10. The van der Waals surface area contributed by atoms with Crippen LogP contribution in [0.5, 0.6) is 5.75 Å². The number of carbonyl (C=O) groups excluding carboxylic acids is 1. The van der Waals surface area contributed by atoms with Gasteiger partial charge in [0, 0.05) is 30.5 Å². The number of rotatable bonds is 2. The summed E-state index contributed by atoms with van der Waals surface area (Å²) in [5.74, 6) is 0.137. The Morgan fingerprint density at radius 3 is 2.71 bits per heavy atom. The molecule has 5 nitrogen and oxygen atoms in total. The van der Waals surface area contributed by atoms with Crippen LogP contribution in [0.2, 0.25) is 0 Å². The number of methoxy groups -OCH3 is 1. The van der Waals surface area contributed by atoms with Gasteiger partial charge in [0.05, 0.1) is 12.3 Å². The summed E-state index contributed by atoms with van der Waals surface area (Å²) in [7, 11) is 1.62. The molecule has 1 aliphatic rings. The van der Waals surface area contributed by atoms with E-state index in [2.05, 4.69) is 0 Å². The molecule has 1 aliphatic heterocycles. The summed E-state index contributed by atoms with van der Waals surface area (Å²) < 4.78 is 10.8. The Hall–Kier alpha value is -2.27. The third-order valence-electron chi connectivity index (χ3n) is 4.12. The molecule has 0 aromatic heterocycles. The first-order chi connectivity index (χ1) is 11.3. The summed E-state index contributed by atoms with van der Waals surface area (Å²) in [4.78, 5) is 14.2. The topological polar surface area (TPSA) is 59.0 Å². The Bertz CT molecular complexity index is 779. The van der Waals surface area contributed by atoms with E-state index in [4.69, 9.17) is 9.47 Å². The minimum absolute atomic E-state index is 0.0814. The van der Waals surface area contributed by atoms with Gasteiger partial charge in [0.1, 0.15) is 11.4 Å². The summed E-state index contributed by atoms with van der Waals surface area (Å²) in [5.41, 5.74) is 0.874. The van der Waals surface area contributed by atoms with Gasteiger partial charge in [-0.3, -0.25) is 4.90 Å². The van der Waals surface area contributed by atoms with Gasteiger partial charge in [-0.05, 0) is 32.2 Å². The van der Waals surface area contributed by atoms with Crippen LogP contribution >= 0.6 is 0 Å². The molecule has 2 aromatic carbocycles. The maximum Gasteiger partial charge on any atom is 0.414 e. The number of fused-ring (bicyclic) bond motifs is 2. The summed E-state index contributed by atoms with van der Waals surface area (Å²) in [6, 6.07) is 9.54. The van der Waals surface area contributed by atoms with Gasteiger partial charge in [0.25, 0.3) is 0 Å². The van der Waals surface area contributed by atoms with Gasteiger partial charge in [-0.2, -0.15) is 0 Å². The lowest BCUT2D eigenvalue weighted by Gasteiger charge is -2.25. The second kappa shape index (κ2) is 5.98. The molecular weight excluding hydrogens is 306 g/mol. The van der Waals surface area contributed by atoms with Crippen LogP contribution in [-0.4, -0.2) is 37.1 Å². The van der Waals surface area contributed by atoms with Crippen molar-refractivity contribution in [3.8, 4) is 5.75 Å². The maximum atomic E-state index is 12.6. The van der Waals surface area contributed by atoms with Crippen LogP contribution in [0.25, 0.3) is 10.8 Å². The number of nitrogens with zero attached hydrogens (tertiary/aromatic N) is 1. The number of amides is 1. The zero-order valence-corrected chi connectivity index (χ0v) is 14.5. The van der Waals surface area contributed by atoms with Gasteiger partial charge in [0.15, 0.2) is 0 Å². The smallest absolute Gasteiger partial charge is 0.414 e. The fourth-order valence-corrected chi connectivity index (χ4v) is 3.19. The number of phenols is 1. The molecule has 128 valence electrons. The highest BCUT2D eigenvalue weighted by Crippen LogP contribution is 2.46. The van der Waals surface area contributed by atoms with Crippen LogP contribution in [0, 0.1) is 0 Å². The molecule has 1 amide bonds. The van der Waals surface area contributed by atoms with Crippen molar-refractivity contribution in [1.29, 1.82) is 0 Å². The number of hydrogen-bond acceptors (Lipinski definition) is 4. The first-order valence-electron chi connectivity index (χ1n) is 8.06. The van der Waals surface area contributed by atoms with Crippen molar-refractivity contribution < 1.29 is 19.4 Å². The van der Waals surface area contributed by atoms with Crippen molar-refractivity contribution in [3.63, 3.8) is 0 Å². The Labute approximate surface area is 141 Å². The van der Waals surface area contributed by atoms with Gasteiger partial charge in [-0.15, -0.1) is 0 Å². The van der Waals surface area contributed by atoms with Crippen LogP contribution in [0.3, 0.4) is 0 Å². The number of aromatic hydroxyl groups is 1. The zero-order chi connectivity index (χ0) is 17.5. The van der Waals surface area contributed by atoms with E-state index in [0.717, 1.165) is 16.3 Å². The first-order valence-corrected chi connectivity index (χ1v) is 8.06. The number of phenolic OH excluding ortho intramolecular Hbond substituents is 1. The lowest BCUT2D eigenvalue weighted by atomic mass is 9.97. The molecule has 0 saturated heterocycles. The predicted molar refractivity (Wildman–Crippen MR) is 93.8 cm³/mol. The molecule has 0 bridgehead atoms. The summed E-state index contributed by atoms with van der Waals surface area (Å²) in [5, 5.41) is 12.4. The highest BCUT2D eigenvalue weighted by atomic mass is 16.6. The van der Waals surface area contributed by atoms with E-state index in [1.165, 1.54) is 0 Å². The summed E-state index contributed by atoms with van der Waals surface area (Å²) in [6.45, 7) is 6.38. The maximum absolute atomic E-state index is 12.6. The minimum Gasteiger partial charge on any atom is -0.507 e. The molecule has 1 unspecified atom stereocenters. The van der Waals surface area contributed by atoms with Gasteiger partial charge in [0.2, 0.25) is 0 Å². The molecule has 0 radical (unpaired) electrons. The average molecular weight is 329 g/mol. The van der Waals surface area contributed by atoms with Gasteiger partial charge < -0.3 is 14.6 Å². The molecule has 24 heavy (non-hydrogen) atoms. The highest BCUT2D eigenvalue weighted by Gasteiger charge is 2.37. The number of hydrogen-bond donors (Lipinski definition) is 1. The summed E-state index contributed by atoms with van der Waals surface area (Å²) in [6.07, 6.45) is -0.406. The molecule has 2 aromatic rings. The van der Waals surface area contributed by atoms with Crippen molar-refractivity contribution >= 4 is 22.6 Å². The predicted octanol–water partition coefficient (Wildman–Crippen LogP) is 4.03. The Morgan fingerprint density at radius 2 is 2.04 bits per heavy atom. The van der Waals surface area contributed by atoms with Gasteiger partial charge in [-0.1, -0.05) is 24.3 Å². The number of benzene rings is 2. The molecule has 1 N–H and O–H groups in total. The van der Waals surface area contributed by atoms with Gasteiger partial charge >= 0.3 is 6.09 Å². The SMILES string of the molecule is COCC1CN(C(=O)OC(C)(C)C)c2cc3ccccc3c(O)c21. The summed E-state index contributed by atoms with van der Waals surface area (Å²) >= 11 is 0. The van der Waals surface area contributed by atoms with E-state index in [1.807, 2.05) is 51.1 Å². The van der Waals surface area contributed by atoms with Crippen LogP contribution < -0.4 is 4.90 Å². The minimum atomic E-state index is -0.574. The largest absolute Gasteiger partial charge is 0.507 e. The first kappa shape index (κ1) is 16.6. The van der Waals surface area contributed by atoms with E-state index >= 15 is 0 Å². The average Bonchev–Trinajstić information content (AvgIpc) is 2.85. The molecule has 5 heteroatoms. The van der Waals surface area contributed by atoms with Crippen LogP contribution in [-0.2, 0) is 9.47 Å². The van der Waals surface area contributed by atoms with E-state index in [1.54, 1.807) is 12.0 Å². The third kappa shape index (κ3) is 2.91. The van der Waals surface area contributed by atoms with Crippen molar-refractivity contribution in [1.82, 2.24) is 0 Å². The third-order valence-corrected chi connectivity index (χ3v) is 4.12. The normalized spacial score (nSPS) is 17.2. The lowest BCUT2D eigenvalue weighted by molar-refractivity contribution is 0.0579. The second-order valence-electron chi connectivity index (χ2n) is 7.12. The fourth-order valence-electron chi connectivity index (χ4n) is 3.19. The monoisotopic (exact) mass is 329 g/mol. The van der Waals surface area contributed by atoms with Gasteiger partial charge in [-0.25, -0.2) is 4.79 Å². The highest BCUT2D eigenvalue weighted by molar-refractivity contribution is 6.00. The molecule has 0 fully saturated rings. The standard InChI is InChI=1S/C19H23NO4/c1-19(2,3)24-18(22)20-10-13(11-23-4)16-15(20)9-12-7-5-6-8-14(12)17(16)21/h5-9,13,21H,10-11H2,1-4H3. The van der Waals surface area contributed by atoms with Crippen molar-refractivity contribution in [3.05, 3.63) is 35.9 Å². The van der Waals surface area contributed by atoms with E-state index in [0.29, 0.717) is 18.8 Å². The van der Waals surface area contributed by atoms with Crippen molar-refractivity contribution in [2.45, 2.75) is 32.3 Å².